The van der Waals surface area contributed by atoms with Crippen LogP contribution in [0.15, 0.2) is 41.0 Å². The molecule has 2 aromatic rings. The number of pyridine rings is 1. The van der Waals surface area contributed by atoms with Crippen molar-refractivity contribution in [2.24, 2.45) is 5.73 Å². The summed E-state index contributed by atoms with van der Waals surface area (Å²) in [4.78, 5) is 4.21. The first-order valence-corrected chi connectivity index (χ1v) is 6.23. The smallest absolute Gasteiger partial charge is 0.144 e. The van der Waals surface area contributed by atoms with E-state index in [9.17, 15) is 0 Å². The van der Waals surface area contributed by atoms with Crippen molar-refractivity contribution in [1.82, 2.24) is 4.98 Å². The summed E-state index contributed by atoms with van der Waals surface area (Å²) < 4.78 is 0.822. The standard InChI is InChI=1S/C12H11BrClN3/c13-11-5-9(14)7-16-12(11)17-10-3-1-2-8(4-10)6-15/h1-5,7H,6,15H2,(H,16,17). The number of benzene rings is 1. The van der Waals surface area contributed by atoms with Crippen LogP contribution in [0.4, 0.5) is 11.5 Å². The molecule has 1 aromatic heterocycles. The number of halogens is 2. The van der Waals surface area contributed by atoms with Crippen LogP contribution in [0.3, 0.4) is 0 Å². The van der Waals surface area contributed by atoms with E-state index < -0.39 is 0 Å². The Hall–Kier alpha value is -1.10. The molecule has 5 heteroatoms. The second kappa shape index (κ2) is 5.49. The third-order valence-corrected chi connectivity index (χ3v) is 3.04. The Morgan fingerprint density at radius 2 is 2.18 bits per heavy atom. The minimum atomic E-state index is 0.519. The molecule has 17 heavy (non-hydrogen) atoms. The van der Waals surface area contributed by atoms with Gasteiger partial charge in [0.05, 0.1) is 9.50 Å². The van der Waals surface area contributed by atoms with Gasteiger partial charge in [-0.3, -0.25) is 0 Å². The Labute approximate surface area is 113 Å². The largest absolute Gasteiger partial charge is 0.339 e. The maximum atomic E-state index is 5.83. The van der Waals surface area contributed by atoms with Crippen molar-refractivity contribution in [3.05, 3.63) is 51.6 Å². The van der Waals surface area contributed by atoms with E-state index in [1.807, 2.05) is 24.3 Å². The van der Waals surface area contributed by atoms with E-state index in [1.54, 1.807) is 12.3 Å². The van der Waals surface area contributed by atoms with Crippen molar-refractivity contribution in [2.75, 3.05) is 5.32 Å². The topological polar surface area (TPSA) is 50.9 Å². The fourth-order valence-electron chi connectivity index (χ4n) is 1.42. The number of nitrogens with one attached hydrogen (secondary N) is 1. The molecule has 0 bridgehead atoms. The number of nitrogens with two attached hydrogens (primary N) is 1. The van der Waals surface area contributed by atoms with Crippen molar-refractivity contribution >= 4 is 39.0 Å². The van der Waals surface area contributed by atoms with E-state index in [4.69, 9.17) is 17.3 Å². The molecule has 0 aliphatic rings. The molecule has 88 valence electrons. The van der Waals surface area contributed by atoms with Gasteiger partial charge in [0.2, 0.25) is 0 Å². The lowest BCUT2D eigenvalue weighted by Gasteiger charge is -2.08. The maximum Gasteiger partial charge on any atom is 0.144 e. The monoisotopic (exact) mass is 311 g/mol. The molecule has 0 amide bonds. The summed E-state index contributed by atoms with van der Waals surface area (Å²) in [5.41, 5.74) is 7.61. The highest BCUT2D eigenvalue weighted by atomic mass is 79.9. The average molecular weight is 313 g/mol. The van der Waals surface area contributed by atoms with E-state index in [-0.39, 0.29) is 0 Å². The molecule has 3 nitrogen and oxygen atoms in total. The van der Waals surface area contributed by atoms with E-state index in [0.29, 0.717) is 11.6 Å². The molecule has 3 N–H and O–H groups in total. The first kappa shape index (κ1) is 12.4. The van der Waals surface area contributed by atoms with Gasteiger partial charge in [0.1, 0.15) is 5.82 Å². The van der Waals surface area contributed by atoms with Gasteiger partial charge in [0, 0.05) is 18.4 Å². The third-order valence-electron chi connectivity index (χ3n) is 2.23. The van der Waals surface area contributed by atoms with E-state index in [0.717, 1.165) is 21.5 Å². The van der Waals surface area contributed by atoms with Crippen LogP contribution in [-0.4, -0.2) is 4.98 Å². The molecule has 2 rings (SSSR count). The molecule has 1 heterocycles. The Balaban J connectivity index is 2.25. The van der Waals surface area contributed by atoms with Gasteiger partial charge in [0.15, 0.2) is 0 Å². The first-order valence-electron chi connectivity index (χ1n) is 5.06. The summed E-state index contributed by atoms with van der Waals surface area (Å²) in [7, 11) is 0. The van der Waals surface area contributed by atoms with Crippen LogP contribution in [0.1, 0.15) is 5.56 Å². The van der Waals surface area contributed by atoms with Gasteiger partial charge >= 0.3 is 0 Å². The lowest BCUT2D eigenvalue weighted by Crippen LogP contribution is -1.98. The number of hydrogen-bond donors (Lipinski definition) is 2. The summed E-state index contributed by atoms with van der Waals surface area (Å²) in [6.45, 7) is 0.519. The predicted octanol–water partition coefficient (Wildman–Crippen LogP) is 3.70. The number of hydrogen-bond acceptors (Lipinski definition) is 3. The number of rotatable bonds is 3. The van der Waals surface area contributed by atoms with Gasteiger partial charge in [-0.15, -0.1) is 0 Å². The Morgan fingerprint density at radius 1 is 1.35 bits per heavy atom. The highest BCUT2D eigenvalue weighted by molar-refractivity contribution is 9.10. The van der Waals surface area contributed by atoms with Crippen molar-refractivity contribution in [2.45, 2.75) is 6.54 Å². The van der Waals surface area contributed by atoms with Crippen molar-refractivity contribution < 1.29 is 0 Å². The third kappa shape index (κ3) is 3.19. The zero-order chi connectivity index (χ0) is 12.3. The summed E-state index contributed by atoms with van der Waals surface area (Å²) >= 11 is 9.24. The van der Waals surface area contributed by atoms with Crippen molar-refractivity contribution in [3.63, 3.8) is 0 Å². The molecule has 0 aliphatic carbocycles. The minimum Gasteiger partial charge on any atom is -0.339 e. The fourth-order valence-corrected chi connectivity index (χ4v) is 2.16. The Bertz CT molecular complexity index is 531. The molecule has 0 spiro atoms. The quantitative estimate of drug-likeness (QED) is 0.908. The zero-order valence-electron chi connectivity index (χ0n) is 8.95. The molecular weight excluding hydrogens is 302 g/mol. The summed E-state index contributed by atoms with van der Waals surface area (Å²) in [5, 5.41) is 3.80. The molecule has 0 fully saturated rings. The second-order valence-electron chi connectivity index (χ2n) is 3.51. The highest BCUT2D eigenvalue weighted by Crippen LogP contribution is 2.26. The lowest BCUT2D eigenvalue weighted by molar-refractivity contribution is 1.07. The Morgan fingerprint density at radius 3 is 2.88 bits per heavy atom. The van der Waals surface area contributed by atoms with Crippen molar-refractivity contribution in [3.8, 4) is 0 Å². The van der Waals surface area contributed by atoms with Gasteiger partial charge in [-0.25, -0.2) is 4.98 Å². The molecule has 0 radical (unpaired) electrons. The summed E-state index contributed by atoms with van der Waals surface area (Å²) in [5.74, 6) is 0.726. The number of anilines is 2. The summed E-state index contributed by atoms with van der Waals surface area (Å²) in [6.07, 6.45) is 1.60. The van der Waals surface area contributed by atoms with Gasteiger partial charge in [-0.05, 0) is 39.7 Å². The van der Waals surface area contributed by atoms with Crippen LogP contribution >= 0.6 is 27.5 Å². The predicted molar refractivity (Wildman–Crippen MR) is 74.6 cm³/mol. The molecule has 1 aromatic carbocycles. The number of nitrogens with zero attached hydrogens (tertiary/aromatic N) is 1. The SMILES string of the molecule is NCc1cccc(Nc2ncc(Cl)cc2Br)c1. The molecule has 0 saturated carbocycles. The first-order chi connectivity index (χ1) is 8.19. The van der Waals surface area contributed by atoms with E-state index in [2.05, 4.69) is 26.2 Å². The van der Waals surface area contributed by atoms with Crippen LogP contribution in [0.2, 0.25) is 5.02 Å². The lowest BCUT2D eigenvalue weighted by atomic mass is 10.2. The van der Waals surface area contributed by atoms with Crippen molar-refractivity contribution in [1.29, 1.82) is 0 Å². The van der Waals surface area contributed by atoms with Crippen LogP contribution in [-0.2, 0) is 6.54 Å². The zero-order valence-corrected chi connectivity index (χ0v) is 11.3. The maximum absolute atomic E-state index is 5.83. The van der Waals surface area contributed by atoms with Gasteiger partial charge in [0.25, 0.3) is 0 Å². The molecule has 0 atom stereocenters. The van der Waals surface area contributed by atoms with Gasteiger partial charge < -0.3 is 11.1 Å². The molecule has 0 aliphatic heterocycles. The van der Waals surface area contributed by atoms with Crippen LogP contribution in [0, 0.1) is 0 Å². The van der Waals surface area contributed by atoms with Gasteiger partial charge in [-0.2, -0.15) is 0 Å². The van der Waals surface area contributed by atoms with Crippen LogP contribution < -0.4 is 11.1 Å². The van der Waals surface area contributed by atoms with E-state index in [1.165, 1.54) is 0 Å². The van der Waals surface area contributed by atoms with E-state index >= 15 is 0 Å². The number of aromatic nitrogens is 1. The molecular formula is C12H11BrClN3. The van der Waals surface area contributed by atoms with Crippen LogP contribution in [0.5, 0.6) is 0 Å². The van der Waals surface area contributed by atoms with Crippen LogP contribution in [0.25, 0.3) is 0 Å². The van der Waals surface area contributed by atoms with Gasteiger partial charge in [-0.1, -0.05) is 23.7 Å². The molecule has 0 unspecified atom stereocenters. The average Bonchev–Trinajstić information content (AvgIpc) is 2.33. The molecule has 0 saturated heterocycles. The summed E-state index contributed by atoms with van der Waals surface area (Å²) in [6, 6.07) is 9.68. The second-order valence-corrected chi connectivity index (χ2v) is 4.80. The fraction of sp³-hybridized carbons (Fsp3) is 0.0833. The normalized spacial score (nSPS) is 10.3. The highest BCUT2D eigenvalue weighted by Gasteiger charge is 2.03. The minimum absolute atomic E-state index is 0.519. The Kier molecular flexibility index (Phi) is 3.99.